The van der Waals surface area contributed by atoms with Crippen LogP contribution in [-0.4, -0.2) is 58.5 Å². The SMILES string of the molecule is O=C(O)[C@H]1CCCN1C(=O)C1CCCN(C(=O)Nc2ccccc2)C1. The van der Waals surface area contributed by atoms with Crippen LogP contribution in [0.15, 0.2) is 30.3 Å². The number of piperidine rings is 1. The number of likely N-dealkylation sites (tertiary alicyclic amines) is 2. The van der Waals surface area contributed by atoms with E-state index in [-0.39, 0.29) is 17.9 Å². The van der Waals surface area contributed by atoms with Crippen LogP contribution in [0.5, 0.6) is 0 Å². The molecular formula is C18H23N3O4. The molecule has 1 unspecified atom stereocenters. The van der Waals surface area contributed by atoms with Crippen molar-refractivity contribution in [1.29, 1.82) is 0 Å². The van der Waals surface area contributed by atoms with Gasteiger partial charge in [-0.2, -0.15) is 0 Å². The molecule has 0 radical (unpaired) electrons. The quantitative estimate of drug-likeness (QED) is 0.877. The fraction of sp³-hybridized carbons (Fsp3) is 0.500. The second kappa shape index (κ2) is 7.55. The van der Waals surface area contributed by atoms with Crippen LogP contribution in [0.3, 0.4) is 0 Å². The Morgan fingerprint density at radius 2 is 1.76 bits per heavy atom. The van der Waals surface area contributed by atoms with E-state index in [1.54, 1.807) is 4.90 Å². The van der Waals surface area contributed by atoms with E-state index in [0.29, 0.717) is 44.6 Å². The smallest absolute Gasteiger partial charge is 0.326 e. The van der Waals surface area contributed by atoms with E-state index in [0.717, 1.165) is 6.42 Å². The average molecular weight is 345 g/mol. The number of anilines is 1. The number of rotatable bonds is 3. The van der Waals surface area contributed by atoms with Gasteiger partial charge in [0.25, 0.3) is 0 Å². The van der Waals surface area contributed by atoms with Gasteiger partial charge in [-0.1, -0.05) is 18.2 Å². The summed E-state index contributed by atoms with van der Waals surface area (Å²) in [4.78, 5) is 39.6. The van der Waals surface area contributed by atoms with Crippen LogP contribution in [0.2, 0.25) is 0 Å². The average Bonchev–Trinajstić information content (AvgIpc) is 3.12. The third-order valence-electron chi connectivity index (χ3n) is 4.90. The molecule has 2 fully saturated rings. The molecule has 2 aliphatic heterocycles. The van der Waals surface area contributed by atoms with Crippen LogP contribution in [-0.2, 0) is 9.59 Å². The first-order chi connectivity index (χ1) is 12.1. The Labute approximate surface area is 146 Å². The van der Waals surface area contributed by atoms with Gasteiger partial charge in [-0.3, -0.25) is 4.79 Å². The van der Waals surface area contributed by atoms with E-state index >= 15 is 0 Å². The summed E-state index contributed by atoms with van der Waals surface area (Å²) in [6, 6.07) is 8.24. The fourth-order valence-electron chi connectivity index (χ4n) is 3.61. The highest BCUT2D eigenvalue weighted by atomic mass is 16.4. The highest BCUT2D eigenvalue weighted by Crippen LogP contribution is 2.25. The summed E-state index contributed by atoms with van der Waals surface area (Å²) in [6.45, 7) is 1.42. The number of benzene rings is 1. The molecule has 0 saturated carbocycles. The minimum Gasteiger partial charge on any atom is -0.480 e. The second-order valence-corrected chi connectivity index (χ2v) is 6.61. The number of hydrogen-bond acceptors (Lipinski definition) is 3. The van der Waals surface area contributed by atoms with Gasteiger partial charge in [0, 0.05) is 25.3 Å². The van der Waals surface area contributed by atoms with Crippen LogP contribution < -0.4 is 5.32 Å². The van der Waals surface area contributed by atoms with E-state index in [4.69, 9.17) is 0 Å². The zero-order valence-electron chi connectivity index (χ0n) is 14.1. The Morgan fingerprint density at radius 3 is 2.48 bits per heavy atom. The molecule has 3 rings (SSSR count). The summed E-state index contributed by atoms with van der Waals surface area (Å²) in [5, 5.41) is 12.1. The van der Waals surface area contributed by atoms with Crippen molar-refractivity contribution < 1.29 is 19.5 Å². The zero-order valence-corrected chi connectivity index (χ0v) is 14.1. The van der Waals surface area contributed by atoms with Gasteiger partial charge in [0.2, 0.25) is 5.91 Å². The van der Waals surface area contributed by atoms with Gasteiger partial charge in [-0.05, 0) is 37.8 Å². The molecule has 2 N–H and O–H groups in total. The Hall–Kier alpha value is -2.57. The van der Waals surface area contributed by atoms with Gasteiger partial charge < -0.3 is 20.2 Å². The third kappa shape index (κ3) is 3.92. The number of amides is 3. The number of carboxylic acids is 1. The summed E-state index contributed by atoms with van der Waals surface area (Å²) < 4.78 is 0. The standard InChI is InChI=1S/C18H23N3O4/c22-16(21-11-5-9-15(21)17(23)24)13-6-4-10-20(12-13)18(25)19-14-7-2-1-3-8-14/h1-3,7-8,13,15H,4-6,9-12H2,(H,19,25)(H,23,24)/t13?,15-/m1/s1. The first-order valence-corrected chi connectivity index (χ1v) is 8.70. The molecule has 25 heavy (non-hydrogen) atoms. The number of hydrogen-bond donors (Lipinski definition) is 2. The van der Waals surface area contributed by atoms with Crippen molar-refractivity contribution in [3.8, 4) is 0 Å². The maximum Gasteiger partial charge on any atom is 0.326 e. The van der Waals surface area contributed by atoms with E-state index in [9.17, 15) is 19.5 Å². The Morgan fingerprint density at radius 1 is 1.04 bits per heavy atom. The van der Waals surface area contributed by atoms with Crippen LogP contribution >= 0.6 is 0 Å². The Balaban J connectivity index is 1.61. The number of carboxylic acid groups (broad SMARTS) is 1. The van der Waals surface area contributed by atoms with Crippen molar-refractivity contribution in [2.75, 3.05) is 25.0 Å². The molecule has 0 aliphatic carbocycles. The van der Waals surface area contributed by atoms with E-state index < -0.39 is 12.0 Å². The lowest BCUT2D eigenvalue weighted by atomic mass is 9.96. The van der Waals surface area contributed by atoms with Gasteiger partial charge >= 0.3 is 12.0 Å². The summed E-state index contributed by atoms with van der Waals surface area (Å²) in [6.07, 6.45) is 2.65. The molecule has 0 bridgehead atoms. The van der Waals surface area contributed by atoms with Crippen LogP contribution in [0.1, 0.15) is 25.7 Å². The van der Waals surface area contributed by atoms with Gasteiger partial charge in [-0.15, -0.1) is 0 Å². The van der Waals surface area contributed by atoms with Crippen molar-refractivity contribution in [3.05, 3.63) is 30.3 Å². The number of urea groups is 1. The van der Waals surface area contributed by atoms with Crippen molar-refractivity contribution in [2.45, 2.75) is 31.7 Å². The predicted octanol–water partition coefficient (Wildman–Crippen LogP) is 2.01. The van der Waals surface area contributed by atoms with Crippen molar-refractivity contribution in [3.63, 3.8) is 0 Å². The lowest BCUT2D eigenvalue weighted by Gasteiger charge is -2.34. The number of nitrogens with one attached hydrogen (secondary N) is 1. The van der Waals surface area contributed by atoms with Gasteiger partial charge in [0.15, 0.2) is 0 Å². The van der Waals surface area contributed by atoms with Crippen LogP contribution in [0, 0.1) is 5.92 Å². The maximum atomic E-state index is 12.7. The minimum absolute atomic E-state index is 0.137. The maximum absolute atomic E-state index is 12.7. The largest absolute Gasteiger partial charge is 0.480 e. The molecule has 1 aromatic carbocycles. The number of aliphatic carboxylic acids is 1. The summed E-state index contributed by atoms with van der Waals surface area (Å²) in [5.41, 5.74) is 0.714. The van der Waals surface area contributed by atoms with Crippen molar-refractivity contribution in [1.82, 2.24) is 9.80 Å². The zero-order chi connectivity index (χ0) is 17.8. The first-order valence-electron chi connectivity index (χ1n) is 8.70. The van der Waals surface area contributed by atoms with Gasteiger partial charge in [0.05, 0.1) is 5.92 Å². The minimum atomic E-state index is -0.944. The molecule has 2 aliphatic rings. The monoisotopic (exact) mass is 345 g/mol. The number of nitrogens with zero attached hydrogens (tertiary/aromatic N) is 2. The van der Waals surface area contributed by atoms with E-state index in [1.807, 2.05) is 30.3 Å². The molecule has 3 amide bonds. The molecule has 0 spiro atoms. The lowest BCUT2D eigenvalue weighted by molar-refractivity contribution is -0.150. The number of carbonyl (C=O) groups excluding carboxylic acids is 2. The third-order valence-corrected chi connectivity index (χ3v) is 4.90. The Bertz CT molecular complexity index is 649. The highest BCUT2D eigenvalue weighted by molar-refractivity contribution is 5.90. The van der Waals surface area contributed by atoms with E-state index in [1.165, 1.54) is 4.90 Å². The predicted molar refractivity (Wildman–Crippen MR) is 92.1 cm³/mol. The van der Waals surface area contributed by atoms with Gasteiger partial charge in [0.1, 0.15) is 6.04 Å². The molecule has 134 valence electrons. The molecular weight excluding hydrogens is 322 g/mol. The molecule has 0 aromatic heterocycles. The Kier molecular flexibility index (Phi) is 5.21. The number of para-hydroxylation sites is 1. The number of carbonyl (C=O) groups is 3. The topological polar surface area (TPSA) is 90.0 Å². The van der Waals surface area contributed by atoms with Crippen LogP contribution in [0.25, 0.3) is 0 Å². The molecule has 2 atom stereocenters. The molecule has 7 nitrogen and oxygen atoms in total. The van der Waals surface area contributed by atoms with Crippen molar-refractivity contribution in [2.24, 2.45) is 5.92 Å². The fourth-order valence-corrected chi connectivity index (χ4v) is 3.61. The lowest BCUT2D eigenvalue weighted by Crippen LogP contribution is -2.50. The molecule has 2 saturated heterocycles. The van der Waals surface area contributed by atoms with E-state index in [2.05, 4.69) is 5.32 Å². The molecule has 7 heteroatoms. The molecule has 1 aromatic rings. The summed E-state index contributed by atoms with van der Waals surface area (Å²) in [7, 11) is 0. The summed E-state index contributed by atoms with van der Waals surface area (Å²) in [5.74, 6) is -1.40. The molecule has 2 heterocycles. The van der Waals surface area contributed by atoms with Crippen molar-refractivity contribution >= 4 is 23.6 Å². The normalized spacial score (nSPS) is 23.4. The first kappa shape index (κ1) is 17.3. The van der Waals surface area contributed by atoms with Gasteiger partial charge in [-0.25, -0.2) is 9.59 Å². The van der Waals surface area contributed by atoms with Crippen LogP contribution in [0.4, 0.5) is 10.5 Å². The second-order valence-electron chi connectivity index (χ2n) is 6.61. The summed E-state index contributed by atoms with van der Waals surface area (Å²) >= 11 is 0. The highest BCUT2D eigenvalue weighted by Gasteiger charge is 2.38.